The van der Waals surface area contributed by atoms with Crippen molar-refractivity contribution in [3.8, 4) is 0 Å². The second-order valence-corrected chi connectivity index (χ2v) is 4.68. The zero-order valence-corrected chi connectivity index (χ0v) is 11.8. The maximum atomic E-state index is 11.7. The minimum Gasteiger partial charge on any atom is -0.383 e. The van der Waals surface area contributed by atoms with Gasteiger partial charge in [0.05, 0.1) is 6.61 Å². The van der Waals surface area contributed by atoms with Gasteiger partial charge in [-0.15, -0.1) is 0 Å². The third kappa shape index (κ3) is 5.12. The summed E-state index contributed by atoms with van der Waals surface area (Å²) in [7, 11) is 1.59. The molecular weight excluding hydrogens is 275 g/mol. The van der Waals surface area contributed by atoms with Gasteiger partial charge < -0.3 is 15.4 Å². The molecule has 1 aromatic carbocycles. The summed E-state index contributed by atoms with van der Waals surface area (Å²) < 4.78 is 4.85. The molecule has 0 aromatic heterocycles. The highest BCUT2D eigenvalue weighted by molar-refractivity contribution is 6.35. The van der Waals surface area contributed by atoms with Crippen LogP contribution in [-0.2, 0) is 9.53 Å². The maximum absolute atomic E-state index is 11.7. The van der Waals surface area contributed by atoms with E-state index in [1.165, 1.54) is 0 Å². The molecule has 0 spiro atoms. The van der Waals surface area contributed by atoms with Gasteiger partial charge in [0.25, 0.3) is 0 Å². The molecule has 1 amide bonds. The van der Waals surface area contributed by atoms with Crippen LogP contribution in [-0.4, -0.2) is 32.2 Å². The third-order valence-corrected chi connectivity index (χ3v) is 2.68. The van der Waals surface area contributed by atoms with Gasteiger partial charge >= 0.3 is 0 Å². The summed E-state index contributed by atoms with van der Waals surface area (Å²) in [5.41, 5.74) is 0.710. The maximum Gasteiger partial charge on any atom is 0.242 e. The number of hydrogen-bond donors (Lipinski definition) is 2. The zero-order valence-electron chi connectivity index (χ0n) is 10.3. The van der Waals surface area contributed by atoms with E-state index in [1.54, 1.807) is 32.2 Å². The Labute approximate surface area is 117 Å². The second kappa shape index (κ2) is 7.46. The molecule has 0 aliphatic heterocycles. The first-order chi connectivity index (χ1) is 8.52. The van der Waals surface area contributed by atoms with E-state index in [4.69, 9.17) is 27.9 Å². The molecule has 1 aromatic rings. The van der Waals surface area contributed by atoms with Crippen molar-refractivity contribution in [2.24, 2.45) is 0 Å². The largest absolute Gasteiger partial charge is 0.383 e. The summed E-state index contributed by atoms with van der Waals surface area (Å²) >= 11 is 11.7. The van der Waals surface area contributed by atoms with Crippen LogP contribution < -0.4 is 10.6 Å². The first kappa shape index (κ1) is 15.1. The molecule has 0 saturated carbocycles. The highest BCUT2D eigenvalue weighted by Gasteiger charge is 2.12. The number of anilines is 1. The van der Waals surface area contributed by atoms with Crippen molar-refractivity contribution in [1.82, 2.24) is 5.32 Å². The van der Waals surface area contributed by atoms with Crippen molar-refractivity contribution < 1.29 is 9.53 Å². The minimum atomic E-state index is -0.378. The van der Waals surface area contributed by atoms with Crippen molar-refractivity contribution in [2.75, 3.05) is 25.6 Å². The number of nitrogens with one attached hydrogen (secondary N) is 2. The molecule has 0 fully saturated rings. The predicted molar refractivity (Wildman–Crippen MR) is 74.4 cm³/mol. The van der Waals surface area contributed by atoms with Gasteiger partial charge in [0.15, 0.2) is 0 Å². The molecule has 1 rings (SSSR count). The topological polar surface area (TPSA) is 50.4 Å². The van der Waals surface area contributed by atoms with Gasteiger partial charge in [0, 0.05) is 29.4 Å². The number of rotatable bonds is 6. The number of carbonyl (C=O) groups is 1. The fourth-order valence-corrected chi connectivity index (χ4v) is 1.91. The van der Waals surface area contributed by atoms with E-state index in [-0.39, 0.29) is 11.9 Å². The molecule has 100 valence electrons. The quantitative estimate of drug-likeness (QED) is 0.792. The molecule has 2 N–H and O–H groups in total. The predicted octanol–water partition coefficient (Wildman–Crippen LogP) is 2.56. The summed E-state index contributed by atoms with van der Waals surface area (Å²) in [5, 5.41) is 6.82. The van der Waals surface area contributed by atoms with Crippen LogP contribution in [0.5, 0.6) is 0 Å². The van der Waals surface area contributed by atoms with Crippen LogP contribution in [0.4, 0.5) is 5.69 Å². The van der Waals surface area contributed by atoms with E-state index >= 15 is 0 Å². The Hall–Kier alpha value is -0.970. The van der Waals surface area contributed by atoms with Gasteiger partial charge in [-0.1, -0.05) is 23.2 Å². The Morgan fingerprint density at radius 1 is 1.33 bits per heavy atom. The lowest BCUT2D eigenvalue weighted by atomic mass is 10.2. The molecular formula is C12H16Cl2N2O2. The summed E-state index contributed by atoms with van der Waals surface area (Å²) in [5.74, 6) is -0.108. The first-order valence-corrected chi connectivity index (χ1v) is 6.28. The Morgan fingerprint density at radius 2 is 1.94 bits per heavy atom. The van der Waals surface area contributed by atoms with E-state index in [1.807, 2.05) is 0 Å². The van der Waals surface area contributed by atoms with E-state index in [0.29, 0.717) is 28.9 Å². The molecule has 0 aliphatic carbocycles. The number of benzene rings is 1. The van der Waals surface area contributed by atoms with Crippen LogP contribution in [0.2, 0.25) is 10.0 Å². The van der Waals surface area contributed by atoms with Gasteiger partial charge in [-0.05, 0) is 25.1 Å². The lowest BCUT2D eigenvalue weighted by molar-refractivity contribution is -0.121. The Morgan fingerprint density at radius 3 is 2.50 bits per heavy atom. The van der Waals surface area contributed by atoms with Gasteiger partial charge in [-0.25, -0.2) is 0 Å². The van der Waals surface area contributed by atoms with Gasteiger partial charge in [0.2, 0.25) is 5.91 Å². The molecule has 18 heavy (non-hydrogen) atoms. The van der Waals surface area contributed by atoms with Crippen LogP contribution in [0.15, 0.2) is 18.2 Å². The fraction of sp³-hybridized carbons (Fsp3) is 0.417. The Balaban J connectivity index is 2.52. The van der Waals surface area contributed by atoms with E-state index < -0.39 is 0 Å². The van der Waals surface area contributed by atoms with Crippen molar-refractivity contribution in [2.45, 2.75) is 13.0 Å². The molecule has 0 saturated heterocycles. The smallest absolute Gasteiger partial charge is 0.242 e. The molecule has 0 aliphatic rings. The summed E-state index contributed by atoms with van der Waals surface area (Å²) in [6.45, 7) is 2.73. The number of methoxy groups -OCH3 is 1. The highest BCUT2D eigenvalue weighted by atomic mass is 35.5. The fourth-order valence-electron chi connectivity index (χ4n) is 1.38. The number of amides is 1. The lowest BCUT2D eigenvalue weighted by Gasteiger charge is -2.15. The molecule has 0 bridgehead atoms. The zero-order chi connectivity index (χ0) is 13.5. The van der Waals surface area contributed by atoms with Crippen molar-refractivity contribution >= 4 is 34.8 Å². The summed E-state index contributed by atoms with van der Waals surface area (Å²) in [6, 6.07) is 4.69. The number of hydrogen-bond acceptors (Lipinski definition) is 3. The molecule has 0 radical (unpaired) electrons. The first-order valence-electron chi connectivity index (χ1n) is 5.52. The van der Waals surface area contributed by atoms with E-state index in [2.05, 4.69) is 10.6 Å². The monoisotopic (exact) mass is 290 g/mol. The van der Waals surface area contributed by atoms with E-state index in [0.717, 1.165) is 0 Å². The lowest BCUT2D eigenvalue weighted by Crippen LogP contribution is -2.39. The van der Waals surface area contributed by atoms with Crippen LogP contribution >= 0.6 is 23.2 Å². The SMILES string of the molecule is COCCNC(=O)C(C)Nc1cc(Cl)cc(Cl)c1. The average Bonchev–Trinajstić information content (AvgIpc) is 2.27. The standard InChI is InChI=1S/C12H16Cl2N2O2/c1-8(12(17)15-3-4-18-2)16-11-6-9(13)5-10(14)7-11/h5-8,16H,3-4H2,1-2H3,(H,15,17). The van der Waals surface area contributed by atoms with Gasteiger partial charge in [-0.3, -0.25) is 4.79 Å². The van der Waals surface area contributed by atoms with Gasteiger partial charge in [0.1, 0.15) is 6.04 Å². The van der Waals surface area contributed by atoms with Crippen LogP contribution in [0.3, 0.4) is 0 Å². The molecule has 1 atom stereocenters. The van der Waals surface area contributed by atoms with Crippen LogP contribution in [0.1, 0.15) is 6.92 Å². The Bertz CT molecular complexity index is 393. The minimum absolute atomic E-state index is 0.108. The third-order valence-electron chi connectivity index (χ3n) is 2.24. The molecule has 6 heteroatoms. The summed E-state index contributed by atoms with van der Waals surface area (Å²) in [6.07, 6.45) is 0. The van der Waals surface area contributed by atoms with Crippen molar-refractivity contribution in [3.63, 3.8) is 0 Å². The average molecular weight is 291 g/mol. The molecule has 0 heterocycles. The highest BCUT2D eigenvalue weighted by Crippen LogP contribution is 2.22. The van der Waals surface area contributed by atoms with Gasteiger partial charge in [-0.2, -0.15) is 0 Å². The molecule has 1 unspecified atom stereocenters. The van der Waals surface area contributed by atoms with Crippen LogP contribution in [0.25, 0.3) is 0 Å². The number of carbonyl (C=O) groups excluding carboxylic acids is 1. The Kier molecular flexibility index (Phi) is 6.25. The summed E-state index contributed by atoms with van der Waals surface area (Å²) in [4.78, 5) is 11.7. The van der Waals surface area contributed by atoms with Crippen molar-refractivity contribution in [1.29, 1.82) is 0 Å². The second-order valence-electron chi connectivity index (χ2n) is 3.81. The molecule has 4 nitrogen and oxygen atoms in total. The number of halogens is 2. The van der Waals surface area contributed by atoms with Crippen LogP contribution in [0, 0.1) is 0 Å². The van der Waals surface area contributed by atoms with Crippen molar-refractivity contribution in [3.05, 3.63) is 28.2 Å². The number of ether oxygens (including phenoxy) is 1. The van der Waals surface area contributed by atoms with E-state index in [9.17, 15) is 4.79 Å². The normalized spacial score (nSPS) is 12.0.